The minimum Gasteiger partial charge on any atom is -0.504 e. The number of benzene rings is 2. The van der Waals surface area contributed by atoms with E-state index >= 15 is 0 Å². The SMILES string of the molecule is CCCN1C(=S)NC(c2cc([N+](=O)[O-])cc(OC)c2O)C(C(=O)c2ccccc2)=C1C. The maximum absolute atomic E-state index is 13.5. The van der Waals surface area contributed by atoms with E-state index in [1.165, 1.54) is 13.2 Å². The van der Waals surface area contributed by atoms with Gasteiger partial charge >= 0.3 is 0 Å². The number of hydrogen-bond acceptors (Lipinski definition) is 6. The molecule has 0 radical (unpaired) electrons. The average molecular weight is 442 g/mol. The summed E-state index contributed by atoms with van der Waals surface area (Å²) >= 11 is 5.51. The molecule has 0 aliphatic carbocycles. The van der Waals surface area contributed by atoms with E-state index in [1.807, 2.05) is 17.9 Å². The van der Waals surface area contributed by atoms with Gasteiger partial charge < -0.3 is 20.1 Å². The summed E-state index contributed by atoms with van der Waals surface area (Å²) in [4.78, 5) is 26.2. The largest absolute Gasteiger partial charge is 0.504 e. The summed E-state index contributed by atoms with van der Waals surface area (Å²) < 4.78 is 5.13. The number of methoxy groups -OCH3 is 1. The third-order valence-corrected chi connectivity index (χ3v) is 5.49. The molecule has 1 atom stereocenters. The van der Waals surface area contributed by atoms with Crippen LogP contribution in [0.4, 0.5) is 5.69 Å². The summed E-state index contributed by atoms with van der Waals surface area (Å²) in [5.41, 5.74) is 1.32. The van der Waals surface area contributed by atoms with Crippen molar-refractivity contribution in [1.82, 2.24) is 10.2 Å². The predicted octanol–water partition coefficient (Wildman–Crippen LogP) is 4.11. The summed E-state index contributed by atoms with van der Waals surface area (Å²) in [5, 5.41) is 25.7. The third kappa shape index (κ3) is 4.22. The first-order valence-corrected chi connectivity index (χ1v) is 10.1. The fraction of sp³-hybridized carbons (Fsp3) is 0.273. The zero-order valence-electron chi connectivity index (χ0n) is 17.4. The molecule has 1 aliphatic rings. The second-order valence-corrected chi connectivity index (χ2v) is 7.46. The van der Waals surface area contributed by atoms with Gasteiger partial charge in [0.05, 0.1) is 24.1 Å². The number of nitro benzene ring substituents is 1. The van der Waals surface area contributed by atoms with Crippen LogP contribution in [0.25, 0.3) is 0 Å². The number of thiocarbonyl (C=S) groups is 1. The fourth-order valence-electron chi connectivity index (χ4n) is 3.64. The monoisotopic (exact) mass is 441 g/mol. The Morgan fingerprint density at radius 3 is 2.58 bits per heavy atom. The third-order valence-electron chi connectivity index (χ3n) is 5.16. The van der Waals surface area contributed by atoms with Gasteiger partial charge in [-0.1, -0.05) is 37.3 Å². The van der Waals surface area contributed by atoms with Gasteiger partial charge in [0.1, 0.15) is 0 Å². The van der Waals surface area contributed by atoms with Crippen molar-refractivity contribution < 1.29 is 19.6 Å². The zero-order chi connectivity index (χ0) is 22.7. The number of phenols is 1. The Kier molecular flexibility index (Phi) is 6.55. The van der Waals surface area contributed by atoms with Gasteiger partial charge in [-0.2, -0.15) is 0 Å². The highest BCUT2D eigenvalue weighted by atomic mass is 32.1. The van der Waals surface area contributed by atoms with Crippen molar-refractivity contribution in [3.05, 3.63) is 75.0 Å². The molecule has 8 nitrogen and oxygen atoms in total. The molecule has 0 saturated heterocycles. The second-order valence-electron chi connectivity index (χ2n) is 7.07. The maximum Gasteiger partial charge on any atom is 0.273 e. The molecule has 3 rings (SSSR count). The van der Waals surface area contributed by atoms with Crippen LogP contribution in [0.1, 0.15) is 42.2 Å². The molecule has 0 amide bonds. The lowest BCUT2D eigenvalue weighted by molar-refractivity contribution is -0.385. The molecule has 1 heterocycles. The van der Waals surface area contributed by atoms with Crippen molar-refractivity contribution in [2.75, 3.05) is 13.7 Å². The van der Waals surface area contributed by atoms with Crippen LogP contribution in [0.15, 0.2) is 53.7 Å². The number of hydrogen-bond donors (Lipinski definition) is 2. The summed E-state index contributed by atoms with van der Waals surface area (Å²) in [6.07, 6.45) is 0.798. The van der Waals surface area contributed by atoms with E-state index in [0.717, 1.165) is 12.5 Å². The number of ether oxygens (including phenoxy) is 1. The second kappa shape index (κ2) is 9.13. The summed E-state index contributed by atoms with van der Waals surface area (Å²) in [5.74, 6) is -0.607. The maximum atomic E-state index is 13.5. The molecule has 162 valence electrons. The van der Waals surface area contributed by atoms with Gasteiger partial charge in [-0.25, -0.2) is 0 Å². The number of carbonyl (C=O) groups excluding carboxylic acids is 1. The lowest BCUT2D eigenvalue weighted by Crippen LogP contribution is -2.47. The molecule has 2 N–H and O–H groups in total. The van der Waals surface area contributed by atoms with Gasteiger partial charge in [0.25, 0.3) is 5.69 Å². The Balaban J connectivity index is 2.25. The van der Waals surface area contributed by atoms with Gasteiger partial charge in [0.2, 0.25) is 0 Å². The summed E-state index contributed by atoms with van der Waals surface area (Å²) in [7, 11) is 1.31. The molecular weight excluding hydrogens is 418 g/mol. The molecule has 0 bridgehead atoms. The topological polar surface area (TPSA) is 105 Å². The first-order chi connectivity index (χ1) is 14.8. The highest BCUT2D eigenvalue weighted by molar-refractivity contribution is 7.80. The van der Waals surface area contributed by atoms with E-state index in [1.54, 1.807) is 31.2 Å². The van der Waals surface area contributed by atoms with E-state index in [0.29, 0.717) is 28.5 Å². The van der Waals surface area contributed by atoms with E-state index < -0.39 is 11.0 Å². The van der Waals surface area contributed by atoms with Crippen LogP contribution < -0.4 is 10.1 Å². The molecule has 31 heavy (non-hydrogen) atoms. The Morgan fingerprint density at radius 2 is 2.00 bits per heavy atom. The Bertz CT molecular complexity index is 1070. The van der Waals surface area contributed by atoms with Gasteiger partial charge in [0.15, 0.2) is 22.4 Å². The highest BCUT2D eigenvalue weighted by Crippen LogP contribution is 2.42. The molecule has 0 saturated carbocycles. The molecule has 1 aliphatic heterocycles. The van der Waals surface area contributed by atoms with Crippen LogP contribution in [0.3, 0.4) is 0 Å². The average Bonchev–Trinajstić information content (AvgIpc) is 2.76. The lowest BCUT2D eigenvalue weighted by Gasteiger charge is -2.38. The molecule has 0 fully saturated rings. The normalized spacial score (nSPS) is 16.2. The number of nitrogens with zero attached hydrogens (tertiary/aromatic N) is 2. The zero-order valence-corrected chi connectivity index (χ0v) is 18.2. The number of carbonyl (C=O) groups is 1. The number of ketones is 1. The molecule has 0 aromatic heterocycles. The van der Waals surface area contributed by atoms with Crippen LogP contribution in [0.5, 0.6) is 11.5 Å². The number of rotatable bonds is 7. The van der Waals surface area contributed by atoms with Gasteiger partial charge in [-0.3, -0.25) is 14.9 Å². The molecule has 2 aromatic rings. The predicted molar refractivity (Wildman–Crippen MR) is 120 cm³/mol. The minimum absolute atomic E-state index is 0.0583. The summed E-state index contributed by atoms with van der Waals surface area (Å²) in [6, 6.07) is 10.2. The van der Waals surface area contributed by atoms with Crippen molar-refractivity contribution >= 4 is 28.8 Å². The van der Waals surface area contributed by atoms with Gasteiger partial charge in [-0.05, 0) is 25.6 Å². The number of aromatic hydroxyl groups is 1. The van der Waals surface area contributed by atoms with Crippen molar-refractivity contribution in [3.63, 3.8) is 0 Å². The van der Waals surface area contributed by atoms with E-state index in [9.17, 15) is 20.0 Å². The van der Waals surface area contributed by atoms with Crippen molar-refractivity contribution in [3.8, 4) is 11.5 Å². The van der Waals surface area contributed by atoms with Crippen LogP contribution in [-0.4, -0.2) is 39.5 Å². The lowest BCUT2D eigenvalue weighted by atomic mass is 9.88. The first-order valence-electron chi connectivity index (χ1n) is 9.73. The standard InChI is InChI=1S/C22H23N3O5S/c1-4-10-24-13(2)18(20(26)14-8-6-5-7-9-14)19(23-22(24)31)16-11-15(25(28)29)12-17(30-3)21(16)27/h5-9,11-12,19,27H,4,10H2,1-3H3,(H,23,31). The van der Waals surface area contributed by atoms with E-state index in [4.69, 9.17) is 17.0 Å². The number of allylic oxidation sites excluding steroid dienone is 1. The van der Waals surface area contributed by atoms with Crippen molar-refractivity contribution in [2.45, 2.75) is 26.3 Å². The number of Topliss-reactive ketones (excluding diaryl/α,β-unsaturated/α-hetero) is 1. The quantitative estimate of drug-likeness (QED) is 0.286. The van der Waals surface area contributed by atoms with E-state index in [2.05, 4.69) is 5.32 Å². The van der Waals surface area contributed by atoms with Crippen LogP contribution in [0, 0.1) is 10.1 Å². The van der Waals surface area contributed by atoms with E-state index in [-0.39, 0.29) is 28.5 Å². The molecule has 1 unspecified atom stereocenters. The highest BCUT2D eigenvalue weighted by Gasteiger charge is 2.36. The molecule has 9 heteroatoms. The van der Waals surface area contributed by atoms with Gasteiger partial charge in [-0.15, -0.1) is 0 Å². The first kappa shape index (κ1) is 22.2. The number of nitrogens with one attached hydrogen (secondary N) is 1. The molecule has 0 spiro atoms. The van der Waals surface area contributed by atoms with Crippen LogP contribution in [-0.2, 0) is 0 Å². The molecular formula is C22H23N3O5S. The molecule has 2 aromatic carbocycles. The Labute approximate surface area is 185 Å². The van der Waals surface area contributed by atoms with Crippen LogP contribution >= 0.6 is 12.2 Å². The fourth-order valence-corrected chi connectivity index (χ4v) is 3.99. The Morgan fingerprint density at radius 1 is 1.32 bits per heavy atom. The number of phenolic OH excluding ortho intramolecular Hbond substituents is 1. The smallest absolute Gasteiger partial charge is 0.273 e. The summed E-state index contributed by atoms with van der Waals surface area (Å²) in [6.45, 7) is 4.38. The minimum atomic E-state index is -0.887. The Hall–Kier alpha value is -3.46. The van der Waals surface area contributed by atoms with Crippen LogP contribution in [0.2, 0.25) is 0 Å². The number of non-ortho nitro benzene ring substituents is 1. The van der Waals surface area contributed by atoms with Crippen molar-refractivity contribution in [2.24, 2.45) is 0 Å². The number of nitro groups is 1. The van der Waals surface area contributed by atoms with Gasteiger partial charge in [0, 0.05) is 35.0 Å². The van der Waals surface area contributed by atoms with Crippen molar-refractivity contribution in [1.29, 1.82) is 0 Å².